The second-order valence-electron chi connectivity index (χ2n) is 4.75. The molecule has 1 aromatic rings. The van der Waals surface area contributed by atoms with E-state index in [1.54, 1.807) is 7.11 Å². The third-order valence-corrected chi connectivity index (χ3v) is 3.15. The van der Waals surface area contributed by atoms with Gasteiger partial charge in [-0.25, -0.2) is 0 Å². The Morgan fingerprint density at radius 1 is 1.29 bits per heavy atom. The summed E-state index contributed by atoms with van der Waals surface area (Å²) in [6.45, 7) is 6.96. The van der Waals surface area contributed by atoms with Crippen LogP contribution in [-0.4, -0.2) is 18.8 Å². The molecule has 1 rings (SSSR count). The van der Waals surface area contributed by atoms with Crippen LogP contribution in [0.5, 0.6) is 11.5 Å². The minimum Gasteiger partial charge on any atom is -0.504 e. The topological polar surface area (TPSA) is 55.5 Å². The number of rotatable bonds is 5. The number of benzene rings is 1. The van der Waals surface area contributed by atoms with Gasteiger partial charge in [0, 0.05) is 5.56 Å². The van der Waals surface area contributed by atoms with Crippen molar-refractivity contribution in [2.75, 3.05) is 13.7 Å². The molecule has 0 heterocycles. The fraction of sp³-hybridized carbons (Fsp3) is 0.571. The third kappa shape index (κ3) is 2.91. The summed E-state index contributed by atoms with van der Waals surface area (Å²) >= 11 is 0. The first-order valence-corrected chi connectivity index (χ1v) is 6.12. The first kappa shape index (κ1) is 13.8. The van der Waals surface area contributed by atoms with Gasteiger partial charge >= 0.3 is 0 Å². The summed E-state index contributed by atoms with van der Waals surface area (Å²) < 4.78 is 5.17. The molecule has 0 fully saturated rings. The van der Waals surface area contributed by atoms with E-state index < -0.39 is 0 Å². The monoisotopic (exact) mass is 237 g/mol. The summed E-state index contributed by atoms with van der Waals surface area (Å²) in [5.74, 6) is 1.42. The Morgan fingerprint density at radius 3 is 2.41 bits per heavy atom. The Morgan fingerprint density at radius 2 is 1.94 bits per heavy atom. The van der Waals surface area contributed by atoms with Gasteiger partial charge < -0.3 is 15.6 Å². The number of methoxy groups -OCH3 is 1. The predicted molar refractivity (Wildman–Crippen MR) is 70.8 cm³/mol. The van der Waals surface area contributed by atoms with Crippen LogP contribution in [0.1, 0.15) is 50.2 Å². The molecule has 0 spiro atoms. The van der Waals surface area contributed by atoms with Crippen molar-refractivity contribution in [2.24, 2.45) is 5.73 Å². The van der Waals surface area contributed by atoms with Crippen LogP contribution in [0.25, 0.3) is 0 Å². The summed E-state index contributed by atoms with van der Waals surface area (Å²) in [6.07, 6.45) is 0.862. The molecule has 0 saturated heterocycles. The normalized spacial score (nSPS) is 12.8. The van der Waals surface area contributed by atoms with E-state index >= 15 is 0 Å². The fourth-order valence-electron chi connectivity index (χ4n) is 2.18. The van der Waals surface area contributed by atoms with Crippen LogP contribution < -0.4 is 10.5 Å². The van der Waals surface area contributed by atoms with Gasteiger partial charge in [0.1, 0.15) is 0 Å². The molecule has 1 aromatic carbocycles. The zero-order valence-corrected chi connectivity index (χ0v) is 11.2. The smallest absolute Gasteiger partial charge is 0.161 e. The molecule has 3 nitrogen and oxygen atoms in total. The van der Waals surface area contributed by atoms with Gasteiger partial charge in [-0.1, -0.05) is 26.8 Å². The lowest BCUT2D eigenvalue weighted by Gasteiger charge is -2.21. The average Bonchev–Trinajstić information content (AvgIpc) is 2.28. The summed E-state index contributed by atoms with van der Waals surface area (Å²) in [7, 11) is 1.57. The number of phenols is 1. The van der Waals surface area contributed by atoms with E-state index in [1.165, 1.54) is 5.56 Å². The molecule has 1 unspecified atom stereocenters. The Labute approximate surface area is 104 Å². The molecule has 3 N–H and O–H groups in total. The van der Waals surface area contributed by atoms with Crippen LogP contribution in [0, 0.1) is 0 Å². The summed E-state index contributed by atoms with van der Waals surface area (Å²) in [6, 6.07) is 3.86. The Bertz CT molecular complexity index is 375. The highest BCUT2D eigenvalue weighted by Crippen LogP contribution is 2.40. The molecule has 0 bridgehead atoms. The predicted octanol–water partition coefficient (Wildman–Crippen LogP) is 2.98. The second kappa shape index (κ2) is 5.92. The maximum atomic E-state index is 10.2. The van der Waals surface area contributed by atoms with E-state index in [4.69, 9.17) is 10.5 Å². The molecule has 0 amide bonds. The van der Waals surface area contributed by atoms with Gasteiger partial charge in [0.2, 0.25) is 0 Å². The van der Waals surface area contributed by atoms with Gasteiger partial charge in [-0.3, -0.25) is 0 Å². The number of phenolic OH excluding ortho intramolecular Hbond substituents is 1. The van der Waals surface area contributed by atoms with Crippen molar-refractivity contribution in [3.63, 3.8) is 0 Å². The van der Waals surface area contributed by atoms with Crippen molar-refractivity contribution < 1.29 is 9.84 Å². The van der Waals surface area contributed by atoms with Crippen LogP contribution in [0.2, 0.25) is 0 Å². The van der Waals surface area contributed by atoms with Crippen LogP contribution in [0.15, 0.2) is 12.1 Å². The minimum atomic E-state index is 0.243. The van der Waals surface area contributed by atoms with E-state index in [0.717, 1.165) is 12.0 Å². The molecule has 0 saturated carbocycles. The summed E-state index contributed by atoms with van der Waals surface area (Å²) in [4.78, 5) is 0. The zero-order valence-electron chi connectivity index (χ0n) is 11.2. The second-order valence-corrected chi connectivity index (χ2v) is 4.75. The Kier molecular flexibility index (Phi) is 4.82. The molecule has 0 aliphatic carbocycles. The summed E-state index contributed by atoms with van der Waals surface area (Å²) in [5, 5.41) is 10.2. The molecule has 3 heteroatoms. The molecule has 0 aromatic heterocycles. The summed E-state index contributed by atoms with van der Waals surface area (Å²) in [5.41, 5.74) is 7.75. The highest BCUT2D eigenvalue weighted by Gasteiger charge is 2.19. The van der Waals surface area contributed by atoms with Crippen LogP contribution >= 0.6 is 0 Å². The molecule has 0 radical (unpaired) electrons. The van der Waals surface area contributed by atoms with Crippen molar-refractivity contribution in [3.05, 3.63) is 23.3 Å². The van der Waals surface area contributed by atoms with E-state index in [9.17, 15) is 5.11 Å². The zero-order chi connectivity index (χ0) is 13.0. The van der Waals surface area contributed by atoms with Crippen molar-refractivity contribution in [3.8, 4) is 11.5 Å². The maximum Gasteiger partial charge on any atom is 0.161 e. The number of aromatic hydroxyl groups is 1. The van der Waals surface area contributed by atoms with Crippen molar-refractivity contribution in [1.29, 1.82) is 0 Å². The maximum absolute atomic E-state index is 10.2. The standard InChI is InChI=1S/C14H23NO2/c1-9(2)11-5-6-12(17-4)14(16)13(11)10(3)7-8-15/h5-6,9-10,16H,7-8,15H2,1-4H3. The van der Waals surface area contributed by atoms with E-state index in [0.29, 0.717) is 18.2 Å². The van der Waals surface area contributed by atoms with Crippen molar-refractivity contribution >= 4 is 0 Å². The first-order valence-electron chi connectivity index (χ1n) is 6.12. The van der Waals surface area contributed by atoms with E-state index in [2.05, 4.69) is 20.8 Å². The molecule has 0 aliphatic heterocycles. The van der Waals surface area contributed by atoms with Crippen LogP contribution in [0.4, 0.5) is 0 Å². The van der Waals surface area contributed by atoms with Crippen LogP contribution in [-0.2, 0) is 0 Å². The Hall–Kier alpha value is -1.22. The van der Waals surface area contributed by atoms with Gasteiger partial charge in [0.05, 0.1) is 7.11 Å². The molecular formula is C14H23NO2. The lowest BCUT2D eigenvalue weighted by molar-refractivity contribution is 0.367. The SMILES string of the molecule is COc1ccc(C(C)C)c(C(C)CCN)c1O. The lowest BCUT2D eigenvalue weighted by atomic mass is 9.87. The van der Waals surface area contributed by atoms with Gasteiger partial charge in [0.25, 0.3) is 0 Å². The molecule has 0 aliphatic rings. The molecular weight excluding hydrogens is 214 g/mol. The third-order valence-electron chi connectivity index (χ3n) is 3.15. The Balaban J connectivity index is 3.29. The van der Waals surface area contributed by atoms with Gasteiger partial charge in [0.15, 0.2) is 11.5 Å². The molecule has 17 heavy (non-hydrogen) atoms. The number of hydrogen-bond donors (Lipinski definition) is 2. The number of ether oxygens (including phenoxy) is 1. The minimum absolute atomic E-state index is 0.243. The van der Waals surface area contributed by atoms with E-state index in [-0.39, 0.29) is 11.7 Å². The fourth-order valence-corrected chi connectivity index (χ4v) is 2.18. The lowest BCUT2D eigenvalue weighted by Crippen LogP contribution is -2.08. The highest BCUT2D eigenvalue weighted by molar-refractivity contribution is 5.52. The van der Waals surface area contributed by atoms with Gasteiger partial charge in [-0.05, 0) is 36.4 Å². The largest absolute Gasteiger partial charge is 0.504 e. The molecule has 96 valence electrons. The van der Waals surface area contributed by atoms with Gasteiger partial charge in [-0.15, -0.1) is 0 Å². The quantitative estimate of drug-likeness (QED) is 0.827. The number of hydrogen-bond acceptors (Lipinski definition) is 3. The van der Waals surface area contributed by atoms with Gasteiger partial charge in [-0.2, -0.15) is 0 Å². The van der Waals surface area contributed by atoms with E-state index in [1.807, 2.05) is 12.1 Å². The number of nitrogens with two attached hydrogens (primary N) is 1. The van der Waals surface area contributed by atoms with Crippen molar-refractivity contribution in [2.45, 2.75) is 39.0 Å². The first-order chi connectivity index (χ1) is 8.02. The van der Waals surface area contributed by atoms with Crippen molar-refractivity contribution in [1.82, 2.24) is 0 Å². The van der Waals surface area contributed by atoms with Crippen LogP contribution in [0.3, 0.4) is 0 Å². The average molecular weight is 237 g/mol. The highest BCUT2D eigenvalue weighted by atomic mass is 16.5. The molecule has 1 atom stereocenters.